The van der Waals surface area contributed by atoms with Crippen molar-refractivity contribution in [2.75, 3.05) is 33.9 Å². The maximum Gasteiger partial charge on any atom is 0.310 e. The van der Waals surface area contributed by atoms with E-state index in [1.807, 2.05) is 0 Å². The number of methoxy groups -OCH3 is 2. The molecule has 7 nitrogen and oxygen atoms in total. The van der Waals surface area contributed by atoms with Crippen molar-refractivity contribution < 1.29 is 27.4 Å². The lowest BCUT2D eigenvalue weighted by Crippen LogP contribution is -2.42. The molecular formula is C16H23NO6S. The zero-order chi connectivity index (χ0) is 17.7. The third-order valence-electron chi connectivity index (χ3n) is 4.00. The van der Waals surface area contributed by atoms with Crippen LogP contribution in [0.1, 0.15) is 19.8 Å². The van der Waals surface area contributed by atoms with Crippen molar-refractivity contribution in [1.29, 1.82) is 0 Å². The van der Waals surface area contributed by atoms with Crippen LogP contribution in [0, 0.1) is 5.92 Å². The van der Waals surface area contributed by atoms with Gasteiger partial charge < -0.3 is 14.2 Å². The topological polar surface area (TPSA) is 82.1 Å². The first-order valence-corrected chi connectivity index (χ1v) is 9.26. The normalized spacial score (nSPS) is 18.9. The third-order valence-corrected chi connectivity index (χ3v) is 5.86. The van der Waals surface area contributed by atoms with Crippen molar-refractivity contribution >= 4 is 16.0 Å². The summed E-state index contributed by atoms with van der Waals surface area (Å²) >= 11 is 0. The smallest absolute Gasteiger partial charge is 0.310 e. The highest BCUT2D eigenvalue weighted by Crippen LogP contribution is 2.32. The number of esters is 1. The monoisotopic (exact) mass is 357 g/mol. The van der Waals surface area contributed by atoms with Gasteiger partial charge in [-0.2, -0.15) is 4.31 Å². The number of hydrogen-bond donors (Lipinski definition) is 0. The molecule has 1 unspecified atom stereocenters. The van der Waals surface area contributed by atoms with Crippen molar-refractivity contribution in [1.82, 2.24) is 4.31 Å². The number of nitrogens with zero attached hydrogens (tertiary/aromatic N) is 1. The molecule has 24 heavy (non-hydrogen) atoms. The van der Waals surface area contributed by atoms with Gasteiger partial charge in [0.15, 0.2) is 11.5 Å². The van der Waals surface area contributed by atoms with Crippen LogP contribution in [0.15, 0.2) is 23.1 Å². The molecule has 0 N–H and O–H groups in total. The Kier molecular flexibility index (Phi) is 6.06. The van der Waals surface area contributed by atoms with Crippen molar-refractivity contribution in [2.45, 2.75) is 24.7 Å². The first-order valence-electron chi connectivity index (χ1n) is 7.82. The number of rotatable bonds is 6. The Morgan fingerprint density at radius 2 is 1.96 bits per heavy atom. The van der Waals surface area contributed by atoms with Crippen LogP contribution in [-0.2, 0) is 19.6 Å². The summed E-state index contributed by atoms with van der Waals surface area (Å²) in [6, 6.07) is 4.46. The summed E-state index contributed by atoms with van der Waals surface area (Å²) in [5.41, 5.74) is 0. The van der Waals surface area contributed by atoms with Crippen LogP contribution in [0.3, 0.4) is 0 Å². The fourth-order valence-corrected chi connectivity index (χ4v) is 4.28. The number of piperidine rings is 1. The van der Waals surface area contributed by atoms with Gasteiger partial charge in [0, 0.05) is 19.2 Å². The molecule has 1 aliphatic rings. The molecule has 1 fully saturated rings. The summed E-state index contributed by atoms with van der Waals surface area (Å²) in [6.07, 6.45) is 1.26. The lowest BCUT2D eigenvalue weighted by molar-refractivity contribution is -0.149. The van der Waals surface area contributed by atoms with Crippen LogP contribution in [0.4, 0.5) is 0 Å². The van der Waals surface area contributed by atoms with E-state index in [0.717, 1.165) is 0 Å². The molecule has 2 rings (SSSR count). The Morgan fingerprint density at radius 3 is 2.58 bits per heavy atom. The maximum atomic E-state index is 12.9. The van der Waals surface area contributed by atoms with E-state index in [9.17, 15) is 13.2 Å². The molecule has 1 aliphatic heterocycles. The van der Waals surface area contributed by atoms with Gasteiger partial charge in [0.1, 0.15) is 0 Å². The van der Waals surface area contributed by atoms with Gasteiger partial charge in [-0.3, -0.25) is 4.79 Å². The van der Waals surface area contributed by atoms with E-state index in [4.69, 9.17) is 14.2 Å². The molecule has 1 heterocycles. The largest absolute Gasteiger partial charge is 0.493 e. The van der Waals surface area contributed by atoms with Crippen LogP contribution in [-0.4, -0.2) is 52.6 Å². The molecule has 134 valence electrons. The van der Waals surface area contributed by atoms with Gasteiger partial charge in [0.2, 0.25) is 10.0 Å². The average Bonchev–Trinajstić information content (AvgIpc) is 2.61. The van der Waals surface area contributed by atoms with Gasteiger partial charge in [0.05, 0.1) is 31.6 Å². The Morgan fingerprint density at radius 1 is 1.25 bits per heavy atom. The molecule has 0 aliphatic carbocycles. The lowest BCUT2D eigenvalue weighted by atomic mass is 10.0. The number of hydrogen-bond acceptors (Lipinski definition) is 6. The van der Waals surface area contributed by atoms with Gasteiger partial charge in [-0.25, -0.2) is 8.42 Å². The zero-order valence-corrected chi connectivity index (χ0v) is 15.0. The van der Waals surface area contributed by atoms with Crippen LogP contribution in [0.25, 0.3) is 0 Å². The maximum absolute atomic E-state index is 12.9. The Bertz CT molecular complexity index is 688. The fraction of sp³-hybridized carbons (Fsp3) is 0.562. The van der Waals surface area contributed by atoms with Crippen molar-refractivity contribution in [2.24, 2.45) is 5.92 Å². The predicted octanol–water partition coefficient (Wildman–Crippen LogP) is 1.67. The SMILES string of the molecule is CCOC(=O)C1CCCN(S(=O)(=O)c2ccc(OC)c(OC)c2)C1. The van der Waals surface area contributed by atoms with Gasteiger partial charge in [-0.15, -0.1) is 0 Å². The van der Waals surface area contributed by atoms with Crippen LogP contribution >= 0.6 is 0 Å². The second kappa shape index (κ2) is 7.85. The third kappa shape index (κ3) is 3.81. The van der Waals surface area contributed by atoms with Gasteiger partial charge in [-0.1, -0.05) is 0 Å². The molecule has 0 aromatic heterocycles. The van der Waals surface area contributed by atoms with Gasteiger partial charge >= 0.3 is 5.97 Å². The highest BCUT2D eigenvalue weighted by molar-refractivity contribution is 7.89. The highest BCUT2D eigenvalue weighted by atomic mass is 32.2. The Hall–Kier alpha value is -1.80. The molecule has 0 saturated carbocycles. The van der Waals surface area contributed by atoms with E-state index in [0.29, 0.717) is 30.9 Å². The minimum atomic E-state index is -3.71. The van der Waals surface area contributed by atoms with E-state index in [-0.39, 0.29) is 24.0 Å². The summed E-state index contributed by atoms with van der Waals surface area (Å²) < 4.78 is 42.4. The fourth-order valence-electron chi connectivity index (χ4n) is 2.74. The van der Waals surface area contributed by atoms with Crippen molar-refractivity contribution in [3.63, 3.8) is 0 Å². The molecule has 1 saturated heterocycles. The highest BCUT2D eigenvalue weighted by Gasteiger charge is 2.34. The van der Waals surface area contributed by atoms with Crippen LogP contribution < -0.4 is 9.47 Å². The number of carbonyl (C=O) groups is 1. The summed E-state index contributed by atoms with van der Waals surface area (Å²) in [4.78, 5) is 12.0. The molecular weight excluding hydrogens is 334 g/mol. The van der Waals surface area contributed by atoms with Crippen LogP contribution in [0.2, 0.25) is 0 Å². The summed E-state index contributed by atoms with van der Waals surface area (Å²) in [5, 5.41) is 0. The molecule has 1 aromatic carbocycles. The summed E-state index contributed by atoms with van der Waals surface area (Å²) in [5.74, 6) is 0.0374. The molecule has 8 heteroatoms. The average molecular weight is 357 g/mol. The van der Waals surface area contributed by atoms with Crippen molar-refractivity contribution in [3.05, 3.63) is 18.2 Å². The number of sulfonamides is 1. The second-order valence-corrected chi connectivity index (χ2v) is 7.41. The number of ether oxygens (including phenoxy) is 3. The van der Waals surface area contributed by atoms with Crippen molar-refractivity contribution in [3.8, 4) is 11.5 Å². The van der Waals surface area contributed by atoms with E-state index < -0.39 is 15.9 Å². The molecule has 1 atom stereocenters. The van der Waals surface area contributed by atoms with Gasteiger partial charge in [0.25, 0.3) is 0 Å². The van der Waals surface area contributed by atoms with E-state index in [1.54, 1.807) is 13.0 Å². The Labute approximate surface area is 142 Å². The number of carbonyl (C=O) groups excluding carboxylic acids is 1. The predicted molar refractivity (Wildman–Crippen MR) is 87.7 cm³/mol. The molecule has 0 radical (unpaired) electrons. The molecule has 1 aromatic rings. The van der Waals surface area contributed by atoms with E-state index >= 15 is 0 Å². The molecule has 0 spiro atoms. The Balaban J connectivity index is 2.25. The molecule has 0 amide bonds. The standard InChI is InChI=1S/C16H23NO6S/c1-4-23-16(18)12-6-5-9-17(11-12)24(19,20)13-7-8-14(21-2)15(10-13)22-3/h7-8,10,12H,4-6,9,11H2,1-3H3. The van der Waals surface area contributed by atoms with Gasteiger partial charge in [-0.05, 0) is 31.9 Å². The number of benzene rings is 1. The van der Waals surface area contributed by atoms with E-state index in [2.05, 4.69) is 0 Å². The van der Waals surface area contributed by atoms with E-state index in [1.165, 1.54) is 30.7 Å². The minimum Gasteiger partial charge on any atom is -0.493 e. The molecule has 0 bridgehead atoms. The quantitative estimate of drug-likeness (QED) is 0.720. The van der Waals surface area contributed by atoms with Crippen LogP contribution in [0.5, 0.6) is 11.5 Å². The zero-order valence-electron chi connectivity index (χ0n) is 14.1. The summed E-state index contributed by atoms with van der Waals surface area (Å²) in [7, 11) is -0.774. The lowest BCUT2D eigenvalue weighted by Gasteiger charge is -2.30. The second-order valence-electron chi connectivity index (χ2n) is 5.47. The first kappa shape index (κ1) is 18.5. The first-order chi connectivity index (χ1) is 11.4. The minimum absolute atomic E-state index is 0.115. The summed E-state index contributed by atoms with van der Waals surface area (Å²) in [6.45, 7) is 2.54.